The minimum atomic E-state index is -0.664. The highest BCUT2D eigenvalue weighted by Crippen LogP contribution is 2.25. The second-order valence-electron chi connectivity index (χ2n) is 14.8. The van der Waals surface area contributed by atoms with E-state index in [1.165, 1.54) is 193 Å². The van der Waals surface area contributed by atoms with E-state index >= 15 is 0 Å². The van der Waals surface area contributed by atoms with Crippen LogP contribution in [0.4, 0.5) is 0 Å². The van der Waals surface area contributed by atoms with Crippen molar-refractivity contribution in [3.05, 3.63) is 24.3 Å². The van der Waals surface area contributed by atoms with Crippen LogP contribution in [-0.2, 0) is 9.59 Å². The highest BCUT2D eigenvalue weighted by Gasteiger charge is 2.09. The van der Waals surface area contributed by atoms with Crippen molar-refractivity contribution < 1.29 is 19.8 Å². The molecule has 0 saturated carbocycles. The first-order valence-electron chi connectivity index (χ1n) is 21.3. The van der Waals surface area contributed by atoms with E-state index in [0.717, 1.165) is 31.6 Å². The standard InChI is InChI=1S/C44H82O4/c1-2-3-4-27-32-37-42(38-33-28-23-19-15-11-7-5-9-13-17-21-25-30-35-40-43(45)46)39-34-29-24-20-16-12-8-6-10-14-18-22-26-31-36-41-44(47)48/h5-6,9-10,42H,2-4,7-8,11-41H2,1H3,(H,45,46)(H,47,48)/b9-5-,10-6-. The van der Waals surface area contributed by atoms with Gasteiger partial charge in [-0.1, -0.05) is 185 Å². The summed E-state index contributed by atoms with van der Waals surface area (Å²) in [7, 11) is 0. The molecule has 0 atom stereocenters. The number of unbranched alkanes of at least 4 members (excludes halogenated alkanes) is 26. The minimum Gasteiger partial charge on any atom is -0.481 e. The number of carboxylic acids is 2. The van der Waals surface area contributed by atoms with Gasteiger partial charge in [0.15, 0.2) is 0 Å². The lowest BCUT2D eigenvalue weighted by atomic mass is 9.89. The fraction of sp³-hybridized carbons (Fsp3) is 0.864. The zero-order valence-electron chi connectivity index (χ0n) is 32.1. The molecule has 0 aliphatic carbocycles. The Morgan fingerprint density at radius 3 is 0.917 bits per heavy atom. The van der Waals surface area contributed by atoms with Crippen LogP contribution in [0, 0.1) is 5.92 Å². The summed E-state index contributed by atoms with van der Waals surface area (Å²) in [4.78, 5) is 21.1. The van der Waals surface area contributed by atoms with Gasteiger partial charge >= 0.3 is 11.9 Å². The lowest BCUT2D eigenvalue weighted by molar-refractivity contribution is -0.138. The van der Waals surface area contributed by atoms with Gasteiger partial charge < -0.3 is 10.2 Å². The molecule has 0 saturated heterocycles. The van der Waals surface area contributed by atoms with E-state index in [-0.39, 0.29) is 0 Å². The van der Waals surface area contributed by atoms with Crippen molar-refractivity contribution in [1.82, 2.24) is 0 Å². The van der Waals surface area contributed by atoms with E-state index < -0.39 is 11.9 Å². The Morgan fingerprint density at radius 2 is 0.625 bits per heavy atom. The third-order valence-corrected chi connectivity index (χ3v) is 10.0. The van der Waals surface area contributed by atoms with E-state index in [0.29, 0.717) is 12.8 Å². The molecule has 0 amide bonds. The lowest BCUT2D eigenvalue weighted by Gasteiger charge is -2.17. The first-order chi connectivity index (χ1) is 23.6. The molecule has 0 aliphatic heterocycles. The van der Waals surface area contributed by atoms with Gasteiger partial charge in [0.25, 0.3) is 0 Å². The van der Waals surface area contributed by atoms with Gasteiger partial charge in [-0.05, 0) is 70.1 Å². The SMILES string of the molecule is CCCCCCCC(CCCCCCCC/C=C\CCCCCCCC(=O)O)CCCCCCCC/C=C\CCCCCCCC(=O)O. The lowest BCUT2D eigenvalue weighted by Crippen LogP contribution is -2.01. The number of hydrogen-bond acceptors (Lipinski definition) is 2. The van der Waals surface area contributed by atoms with Crippen LogP contribution in [0.1, 0.15) is 238 Å². The quantitative estimate of drug-likeness (QED) is 0.0501. The molecule has 2 N–H and O–H groups in total. The minimum absolute atomic E-state index is 0.324. The van der Waals surface area contributed by atoms with Gasteiger partial charge in [0.2, 0.25) is 0 Å². The second kappa shape index (κ2) is 39.9. The Morgan fingerprint density at radius 1 is 0.375 bits per heavy atom. The Kier molecular flexibility index (Phi) is 38.5. The summed E-state index contributed by atoms with van der Waals surface area (Å²) >= 11 is 0. The molecule has 0 aromatic carbocycles. The third kappa shape index (κ3) is 40.6. The van der Waals surface area contributed by atoms with E-state index in [1.807, 2.05) is 0 Å². The van der Waals surface area contributed by atoms with Gasteiger partial charge in [0.05, 0.1) is 0 Å². The van der Waals surface area contributed by atoms with Crippen LogP contribution in [-0.4, -0.2) is 22.2 Å². The molecule has 0 fully saturated rings. The Bertz CT molecular complexity index is 673. The molecule has 4 nitrogen and oxygen atoms in total. The summed E-state index contributed by atoms with van der Waals surface area (Å²) in [6, 6.07) is 0. The molecule has 0 unspecified atom stereocenters. The second-order valence-corrected chi connectivity index (χ2v) is 14.8. The average Bonchev–Trinajstić information content (AvgIpc) is 3.06. The van der Waals surface area contributed by atoms with Gasteiger partial charge in [-0.15, -0.1) is 0 Å². The van der Waals surface area contributed by atoms with Crippen molar-refractivity contribution in [1.29, 1.82) is 0 Å². The van der Waals surface area contributed by atoms with E-state index in [2.05, 4.69) is 31.2 Å². The van der Waals surface area contributed by atoms with Crippen molar-refractivity contribution in [2.45, 2.75) is 238 Å². The van der Waals surface area contributed by atoms with Gasteiger partial charge in [-0.25, -0.2) is 0 Å². The number of rotatable bonds is 40. The first kappa shape index (κ1) is 46.4. The summed E-state index contributed by atoms with van der Waals surface area (Å²) in [5.74, 6) is -0.360. The Balaban J connectivity index is 3.75. The maximum absolute atomic E-state index is 10.5. The average molecular weight is 675 g/mol. The summed E-state index contributed by atoms with van der Waals surface area (Å²) < 4.78 is 0. The summed E-state index contributed by atoms with van der Waals surface area (Å²) in [6.45, 7) is 2.31. The largest absolute Gasteiger partial charge is 0.481 e. The van der Waals surface area contributed by atoms with Crippen molar-refractivity contribution >= 4 is 11.9 Å². The maximum Gasteiger partial charge on any atom is 0.303 e. The smallest absolute Gasteiger partial charge is 0.303 e. The van der Waals surface area contributed by atoms with Crippen molar-refractivity contribution in [2.75, 3.05) is 0 Å². The van der Waals surface area contributed by atoms with Gasteiger partial charge in [-0.3, -0.25) is 9.59 Å². The van der Waals surface area contributed by atoms with Gasteiger partial charge in [0, 0.05) is 12.8 Å². The molecule has 0 radical (unpaired) electrons. The molecular formula is C44H82O4. The van der Waals surface area contributed by atoms with Crippen LogP contribution >= 0.6 is 0 Å². The molecule has 0 aromatic heterocycles. The van der Waals surface area contributed by atoms with Crippen molar-refractivity contribution in [3.8, 4) is 0 Å². The molecular weight excluding hydrogens is 592 g/mol. The molecule has 282 valence electrons. The van der Waals surface area contributed by atoms with Crippen LogP contribution < -0.4 is 0 Å². The summed E-state index contributed by atoms with van der Waals surface area (Å²) in [5.41, 5.74) is 0. The number of aliphatic carboxylic acids is 2. The Labute approximate surface area is 299 Å². The number of hydrogen-bond donors (Lipinski definition) is 2. The van der Waals surface area contributed by atoms with E-state index in [4.69, 9.17) is 10.2 Å². The normalized spacial score (nSPS) is 11.9. The molecule has 0 heterocycles. The molecule has 0 spiro atoms. The number of carbonyl (C=O) groups is 2. The van der Waals surface area contributed by atoms with E-state index in [1.54, 1.807) is 0 Å². The predicted molar refractivity (Wildman–Crippen MR) is 209 cm³/mol. The van der Waals surface area contributed by atoms with Crippen LogP contribution in [0.3, 0.4) is 0 Å². The van der Waals surface area contributed by atoms with Crippen LogP contribution in [0.2, 0.25) is 0 Å². The zero-order chi connectivity index (χ0) is 35.0. The fourth-order valence-electron chi connectivity index (χ4n) is 6.88. The monoisotopic (exact) mass is 675 g/mol. The fourth-order valence-corrected chi connectivity index (χ4v) is 6.88. The van der Waals surface area contributed by atoms with Crippen molar-refractivity contribution in [2.24, 2.45) is 5.92 Å². The maximum atomic E-state index is 10.5. The zero-order valence-corrected chi connectivity index (χ0v) is 32.1. The number of carboxylic acid groups (broad SMARTS) is 2. The predicted octanol–water partition coefficient (Wildman–Crippen LogP) is 14.9. The van der Waals surface area contributed by atoms with Gasteiger partial charge in [-0.2, -0.15) is 0 Å². The summed E-state index contributed by atoms with van der Waals surface area (Å²) in [5, 5.41) is 17.4. The van der Waals surface area contributed by atoms with Crippen LogP contribution in [0.15, 0.2) is 24.3 Å². The third-order valence-electron chi connectivity index (χ3n) is 10.0. The number of allylic oxidation sites excluding steroid dienone is 4. The van der Waals surface area contributed by atoms with Crippen molar-refractivity contribution in [3.63, 3.8) is 0 Å². The molecule has 0 bridgehead atoms. The molecule has 0 rings (SSSR count). The topological polar surface area (TPSA) is 74.6 Å². The van der Waals surface area contributed by atoms with E-state index in [9.17, 15) is 9.59 Å². The summed E-state index contributed by atoms with van der Waals surface area (Å²) in [6.07, 6.45) is 54.3. The molecule has 4 heteroatoms. The molecule has 0 aromatic rings. The Hall–Kier alpha value is -1.58. The molecule has 48 heavy (non-hydrogen) atoms. The highest BCUT2D eigenvalue weighted by molar-refractivity contribution is 5.66. The first-order valence-corrected chi connectivity index (χ1v) is 21.3. The molecule has 0 aliphatic rings. The highest BCUT2D eigenvalue weighted by atomic mass is 16.4. The van der Waals surface area contributed by atoms with Crippen LogP contribution in [0.5, 0.6) is 0 Å². The van der Waals surface area contributed by atoms with Crippen LogP contribution in [0.25, 0.3) is 0 Å². The van der Waals surface area contributed by atoms with Gasteiger partial charge in [0.1, 0.15) is 0 Å².